The predicted octanol–water partition coefficient (Wildman–Crippen LogP) is 5.24. The fraction of sp³-hybridized carbons (Fsp3) is 0.391. The van der Waals surface area contributed by atoms with Crippen LogP contribution in [0.25, 0.3) is 0 Å². The van der Waals surface area contributed by atoms with E-state index in [4.69, 9.17) is 0 Å². The lowest BCUT2D eigenvalue weighted by Gasteiger charge is -2.20. The molecule has 1 aliphatic heterocycles. The summed E-state index contributed by atoms with van der Waals surface area (Å²) < 4.78 is 12.4. The highest BCUT2D eigenvalue weighted by molar-refractivity contribution is 5.93. The summed E-state index contributed by atoms with van der Waals surface area (Å²) >= 11 is 0. The van der Waals surface area contributed by atoms with Crippen LogP contribution in [0.15, 0.2) is 60.5 Å². The van der Waals surface area contributed by atoms with Crippen LogP contribution in [0.5, 0.6) is 0 Å². The Morgan fingerprint density at radius 3 is 2.39 bits per heavy atom. The zero-order valence-corrected chi connectivity index (χ0v) is 18.1. The number of carbonyl (C=O) groups is 2. The summed E-state index contributed by atoms with van der Waals surface area (Å²) in [7, 11) is 0. The Labute approximate surface area is 182 Å². The molecule has 8 heteroatoms. The van der Waals surface area contributed by atoms with E-state index in [0.29, 0.717) is 12.0 Å². The molecule has 0 unspecified atom stereocenters. The van der Waals surface area contributed by atoms with Crippen LogP contribution in [0, 0.1) is 15.9 Å². The number of ketones is 1. The van der Waals surface area contributed by atoms with Gasteiger partial charge in [0.25, 0.3) is 5.70 Å². The monoisotopic (exact) mass is 431 g/mol. The van der Waals surface area contributed by atoms with Crippen LogP contribution >= 0.6 is 0 Å². The van der Waals surface area contributed by atoms with Crippen LogP contribution in [0.1, 0.15) is 56.3 Å². The Kier molecular flexibility index (Phi) is 11.5. The third-order valence-corrected chi connectivity index (χ3v) is 4.45. The number of nitro groups is 1. The van der Waals surface area contributed by atoms with Gasteiger partial charge >= 0.3 is 6.03 Å². The highest BCUT2D eigenvalue weighted by Gasteiger charge is 2.16. The second kappa shape index (κ2) is 13.8. The van der Waals surface area contributed by atoms with Gasteiger partial charge in [-0.15, -0.1) is 0 Å². The van der Waals surface area contributed by atoms with Crippen molar-refractivity contribution in [3.05, 3.63) is 82.0 Å². The van der Waals surface area contributed by atoms with Crippen LogP contribution in [0.4, 0.5) is 9.18 Å². The summed E-state index contributed by atoms with van der Waals surface area (Å²) in [5, 5.41) is 13.5. The first kappa shape index (κ1) is 25.7. The molecule has 0 radical (unpaired) electrons. The maximum atomic E-state index is 12.4. The summed E-state index contributed by atoms with van der Waals surface area (Å²) in [5.74, 6) is -0.479. The van der Waals surface area contributed by atoms with Crippen molar-refractivity contribution in [2.24, 2.45) is 0 Å². The van der Waals surface area contributed by atoms with E-state index < -0.39 is 4.92 Å². The molecule has 2 rings (SSSR count). The van der Waals surface area contributed by atoms with Crippen molar-refractivity contribution in [2.75, 3.05) is 13.1 Å². The number of carbonyl (C=O) groups excluding carboxylic acids is 2. The van der Waals surface area contributed by atoms with E-state index in [-0.39, 0.29) is 29.0 Å². The minimum atomic E-state index is -0.491. The fourth-order valence-electron chi connectivity index (χ4n) is 2.81. The molecule has 1 aliphatic rings. The first-order valence-electron chi connectivity index (χ1n) is 10.3. The zero-order valence-electron chi connectivity index (χ0n) is 18.1. The average molecular weight is 432 g/mol. The van der Waals surface area contributed by atoms with E-state index in [9.17, 15) is 24.1 Å². The van der Waals surface area contributed by atoms with Gasteiger partial charge in [-0.3, -0.25) is 14.9 Å². The lowest BCUT2D eigenvalue weighted by Crippen LogP contribution is -2.39. The van der Waals surface area contributed by atoms with Gasteiger partial charge in [-0.05, 0) is 38.3 Å². The second-order valence-electron chi connectivity index (χ2n) is 7.06. The van der Waals surface area contributed by atoms with Gasteiger partial charge in [0, 0.05) is 36.5 Å². The van der Waals surface area contributed by atoms with Gasteiger partial charge in [0.1, 0.15) is 5.82 Å². The topological polar surface area (TPSA) is 92.6 Å². The Morgan fingerprint density at radius 1 is 1.26 bits per heavy atom. The van der Waals surface area contributed by atoms with Gasteiger partial charge in [-0.1, -0.05) is 44.6 Å². The number of halogens is 1. The maximum absolute atomic E-state index is 12.4. The molecule has 0 bridgehead atoms. The summed E-state index contributed by atoms with van der Waals surface area (Å²) in [4.78, 5) is 34.8. The molecule has 0 spiro atoms. The number of hydrogen-bond acceptors (Lipinski definition) is 4. The third-order valence-electron chi connectivity index (χ3n) is 4.45. The van der Waals surface area contributed by atoms with Crippen molar-refractivity contribution >= 4 is 11.8 Å². The van der Waals surface area contributed by atoms with E-state index in [1.165, 1.54) is 37.3 Å². The van der Waals surface area contributed by atoms with Crippen LogP contribution in [-0.2, 0) is 0 Å². The largest absolute Gasteiger partial charge is 0.325 e. The molecular formula is C23H30FN3O4. The summed E-state index contributed by atoms with van der Waals surface area (Å²) in [6.07, 6.45) is 9.36. The molecule has 1 aromatic rings. The standard InChI is InChI=1S/C15H23N3O3.C8H7FO/c1-3-4-9-14(18(20)21)12-13(2)16-15(19)17-10-7-5-6-8-11-17;1-6(10)7-3-2-4-8(9)5-7/h4,9,12H,2-3,5-8,10-11H2,1H3,(H,16,19);2-5H,1H3/b9-4-,14-12+;. The summed E-state index contributed by atoms with van der Waals surface area (Å²) in [6, 6.07) is 5.41. The van der Waals surface area contributed by atoms with Gasteiger partial charge in [0.2, 0.25) is 0 Å². The van der Waals surface area contributed by atoms with Crippen LogP contribution < -0.4 is 5.32 Å². The first-order chi connectivity index (χ1) is 14.7. The lowest BCUT2D eigenvalue weighted by molar-refractivity contribution is -0.419. The molecular weight excluding hydrogens is 401 g/mol. The number of likely N-dealkylation sites (tertiary alicyclic amines) is 1. The predicted molar refractivity (Wildman–Crippen MR) is 119 cm³/mol. The number of benzene rings is 1. The van der Waals surface area contributed by atoms with Crippen molar-refractivity contribution < 1.29 is 18.9 Å². The number of nitrogens with zero attached hydrogens (tertiary/aromatic N) is 2. The minimum absolute atomic E-state index is 0.0852. The summed E-state index contributed by atoms with van der Waals surface area (Å²) in [5.41, 5.74) is 0.565. The second-order valence-corrected chi connectivity index (χ2v) is 7.06. The molecule has 168 valence electrons. The fourth-order valence-corrected chi connectivity index (χ4v) is 2.81. The molecule has 1 heterocycles. The average Bonchev–Trinajstić information content (AvgIpc) is 3.01. The normalized spacial score (nSPS) is 14.3. The number of hydrogen-bond donors (Lipinski definition) is 1. The first-order valence-corrected chi connectivity index (χ1v) is 10.3. The van der Waals surface area contributed by atoms with Gasteiger partial charge in [0.05, 0.1) is 4.92 Å². The molecule has 2 amide bonds. The van der Waals surface area contributed by atoms with E-state index in [1.807, 2.05) is 6.92 Å². The number of urea groups is 1. The van der Waals surface area contributed by atoms with E-state index >= 15 is 0 Å². The Bertz CT molecular complexity index is 841. The van der Waals surface area contributed by atoms with E-state index in [0.717, 1.165) is 38.8 Å². The number of allylic oxidation sites excluding steroid dienone is 3. The van der Waals surface area contributed by atoms with Crippen molar-refractivity contribution in [1.82, 2.24) is 10.2 Å². The van der Waals surface area contributed by atoms with E-state index in [1.54, 1.807) is 17.0 Å². The Morgan fingerprint density at radius 2 is 1.90 bits per heavy atom. The van der Waals surface area contributed by atoms with Crippen molar-refractivity contribution in [3.8, 4) is 0 Å². The van der Waals surface area contributed by atoms with Crippen LogP contribution in [0.3, 0.4) is 0 Å². The van der Waals surface area contributed by atoms with E-state index in [2.05, 4.69) is 11.9 Å². The lowest BCUT2D eigenvalue weighted by atomic mass is 10.1. The molecule has 7 nitrogen and oxygen atoms in total. The van der Waals surface area contributed by atoms with Crippen LogP contribution in [-0.4, -0.2) is 34.7 Å². The highest BCUT2D eigenvalue weighted by atomic mass is 19.1. The smallest absolute Gasteiger partial charge is 0.321 e. The molecule has 0 aliphatic carbocycles. The molecule has 0 aromatic heterocycles. The van der Waals surface area contributed by atoms with Crippen molar-refractivity contribution in [3.63, 3.8) is 0 Å². The van der Waals surface area contributed by atoms with Gasteiger partial charge in [-0.2, -0.15) is 0 Å². The molecule has 1 N–H and O–H groups in total. The van der Waals surface area contributed by atoms with Gasteiger partial charge < -0.3 is 10.2 Å². The SMILES string of the molecule is C=C(/C=C(\C=C/CC)[N+](=O)[O-])NC(=O)N1CCCCCC1.CC(=O)c1cccc(F)c1. The third kappa shape index (κ3) is 10.3. The van der Waals surface area contributed by atoms with Gasteiger partial charge in [-0.25, -0.2) is 9.18 Å². The highest BCUT2D eigenvalue weighted by Crippen LogP contribution is 2.10. The maximum Gasteiger partial charge on any atom is 0.321 e. The molecule has 31 heavy (non-hydrogen) atoms. The minimum Gasteiger partial charge on any atom is -0.325 e. The quantitative estimate of drug-likeness (QED) is 0.288. The molecule has 0 saturated carbocycles. The number of nitrogens with one attached hydrogen (secondary N) is 1. The van der Waals surface area contributed by atoms with Crippen LogP contribution in [0.2, 0.25) is 0 Å². The van der Waals surface area contributed by atoms with Crippen molar-refractivity contribution in [1.29, 1.82) is 0 Å². The molecule has 0 atom stereocenters. The number of Topliss-reactive ketones (excluding diaryl/α,β-unsaturated/α-hetero) is 1. The summed E-state index contributed by atoms with van der Waals surface area (Å²) in [6.45, 7) is 8.42. The number of rotatable bonds is 6. The van der Waals surface area contributed by atoms with Gasteiger partial charge in [0.15, 0.2) is 5.78 Å². The molecule has 1 aromatic carbocycles. The zero-order chi connectivity index (χ0) is 23.2. The molecule has 1 saturated heterocycles. The Balaban J connectivity index is 0.000000399. The Hall–Kier alpha value is -3.29. The van der Waals surface area contributed by atoms with Crippen molar-refractivity contribution in [2.45, 2.75) is 46.0 Å². The molecule has 1 fully saturated rings. The number of amides is 2.